The van der Waals surface area contributed by atoms with Crippen molar-refractivity contribution in [2.45, 2.75) is 6.54 Å². The molecular weight excluding hydrogens is 440 g/mol. The zero-order valence-electron chi connectivity index (χ0n) is 17.6. The quantitative estimate of drug-likeness (QED) is 0.310. The highest BCUT2D eigenvalue weighted by Crippen LogP contribution is 2.23. The summed E-state index contributed by atoms with van der Waals surface area (Å²) in [5, 5.41) is 6.99. The van der Waals surface area contributed by atoms with Crippen LogP contribution in [0.2, 0.25) is 5.02 Å². The number of anilines is 1. The highest BCUT2D eigenvalue weighted by Gasteiger charge is 2.18. The molecule has 0 spiro atoms. The number of benzene rings is 3. The summed E-state index contributed by atoms with van der Waals surface area (Å²) < 4.78 is 3.03. The minimum absolute atomic E-state index is 0.263. The van der Waals surface area contributed by atoms with Gasteiger partial charge in [-0.25, -0.2) is 10.2 Å². The Bertz CT molecular complexity index is 1640. The van der Waals surface area contributed by atoms with E-state index in [9.17, 15) is 9.59 Å². The van der Waals surface area contributed by atoms with E-state index in [1.807, 2.05) is 60.7 Å². The molecule has 0 aliphatic carbocycles. The first kappa shape index (κ1) is 20.7. The first-order valence-corrected chi connectivity index (χ1v) is 10.6. The Kier molecular flexibility index (Phi) is 5.27. The lowest BCUT2D eigenvalue weighted by molar-refractivity contribution is 0.811. The Hall–Kier alpha value is -4.17. The number of nitrogens with one attached hydrogen (secondary N) is 2. The molecule has 2 heterocycles. The Morgan fingerprint density at radius 2 is 1.82 bits per heavy atom. The van der Waals surface area contributed by atoms with Crippen LogP contribution >= 0.6 is 11.6 Å². The van der Waals surface area contributed by atoms with Gasteiger partial charge in [-0.2, -0.15) is 10.1 Å². The van der Waals surface area contributed by atoms with E-state index >= 15 is 0 Å². The number of nitrogens with zero attached hydrogens (tertiary/aromatic N) is 4. The van der Waals surface area contributed by atoms with Crippen molar-refractivity contribution in [3.8, 4) is 0 Å². The molecule has 3 aromatic carbocycles. The zero-order chi connectivity index (χ0) is 22.9. The van der Waals surface area contributed by atoms with Crippen LogP contribution in [0.4, 0.5) is 5.95 Å². The predicted molar refractivity (Wildman–Crippen MR) is 131 cm³/mol. The normalized spacial score (nSPS) is 11.6. The van der Waals surface area contributed by atoms with Crippen molar-refractivity contribution in [2.75, 3.05) is 5.43 Å². The predicted octanol–water partition coefficient (Wildman–Crippen LogP) is 3.72. The number of H-pyrrole nitrogens is 1. The van der Waals surface area contributed by atoms with E-state index in [2.05, 4.69) is 20.5 Å². The van der Waals surface area contributed by atoms with Crippen molar-refractivity contribution >= 4 is 45.7 Å². The second-order valence-corrected chi connectivity index (χ2v) is 7.95. The van der Waals surface area contributed by atoms with Gasteiger partial charge in [0.15, 0.2) is 11.2 Å². The molecule has 0 aliphatic heterocycles. The van der Waals surface area contributed by atoms with Gasteiger partial charge >= 0.3 is 5.69 Å². The van der Waals surface area contributed by atoms with Gasteiger partial charge in [0, 0.05) is 17.6 Å². The van der Waals surface area contributed by atoms with Gasteiger partial charge in [-0.1, -0.05) is 72.3 Å². The van der Waals surface area contributed by atoms with Gasteiger partial charge < -0.3 is 0 Å². The van der Waals surface area contributed by atoms with Crippen molar-refractivity contribution in [3.63, 3.8) is 0 Å². The van der Waals surface area contributed by atoms with Crippen LogP contribution in [0.15, 0.2) is 81.4 Å². The minimum atomic E-state index is -0.534. The van der Waals surface area contributed by atoms with E-state index in [0.29, 0.717) is 17.5 Å². The van der Waals surface area contributed by atoms with Gasteiger partial charge in [0.25, 0.3) is 5.56 Å². The molecule has 8 nitrogen and oxygen atoms in total. The lowest BCUT2D eigenvalue weighted by Crippen LogP contribution is -2.29. The first-order chi connectivity index (χ1) is 16.0. The summed E-state index contributed by atoms with van der Waals surface area (Å²) in [6, 6.07) is 21.3. The van der Waals surface area contributed by atoms with Crippen molar-refractivity contribution in [1.29, 1.82) is 0 Å². The van der Waals surface area contributed by atoms with Crippen LogP contribution in [0.3, 0.4) is 0 Å². The van der Waals surface area contributed by atoms with Crippen molar-refractivity contribution in [3.05, 3.63) is 104 Å². The van der Waals surface area contributed by atoms with Crippen LogP contribution in [-0.2, 0) is 13.6 Å². The molecule has 33 heavy (non-hydrogen) atoms. The molecule has 0 fully saturated rings. The molecule has 0 amide bonds. The number of halogens is 1. The van der Waals surface area contributed by atoms with Crippen LogP contribution in [0.1, 0.15) is 11.1 Å². The molecule has 0 unspecified atom stereocenters. The summed E-state index contributed by atoms with van der Waals surface area (Å²) >= 11 is 6.20. The third-order valence-electron chi connectivity index (χ3n) is 5.49. The summed E-state index contributed by atoms with van der Waals surface area (Å²) in [5.74, 6) is 0.327. The molecule has 5 rings (SSSR count). The van der Waals surface area contributed by atoms with Crippen molar-refractivity contribution in [2.24, 2.45) is 12.1 Å². The highest BCUT2D eigenvalue weighted by atomic mass is 35.5. The summed E-state index contributed by atoms with van der Waals surface area (Å²) in [6.45, 7) is 0.350. The molecule has 0 saturated carbocycles. The van der Waals surface area contributed by atoms with Crippen LogP contribution < -0.4 is 16.7 Å². The molecule has 0 radical (unpaired) electrons. The number of rotatable bonds is 5. The number of aromatic amines is 1. The van der Waals surface area contributed by atoms with Gasteiger partial charge in [-0.15, -0.1) is 0 Å². The molecule has 0 saturated heterocycles. The van der Waals surface area contributed by atoms with E-state index in [1.54, 1.807) is 23.9 Å². The summed E-state index contributed by atoms with van der Waals surface area (Å²) in [6.07, 6.45) is 1.58. The largest absolute Gasteiger partial charge is 0.329 e. The number of aromatic nitrogens is 4. The standard InChI is InChI=1S/C24H19ClN6O2/c1-30-21-20(22(32)28-24(30)33)31(14-17-10-6-9-15-7-2-4-11-18(15)17)23(27-21)29-26-13-16-8-3-5-12-19(16)25/h2-13H,14H2,1H3,(H,27,29)(H,28,32,33). The fraction of sp³-hybridized carbons (Fsp3) is 0.0833. The van der Waals surface area contributed by atoms with E-state index in [-0.39, 0.29) is 11.2 Å². The molecule has 2 aromatic heterocycles. The maximum absolute atomic E-state index is 12.8. The van der Waals surface area contributed by atoms with E-state index in [1.165, 1.54) is 4.57 Å². The average molecular weight is 459 g/mol. The smallest absolute Gasteiger partial charge is 0.298 e. The monoisotopic (exact) mass is 458 g/mol. The Morgan fingerprint density at radius 1 is 1.06 bits per heavy atom. The van der Waals surface area contributed by atoms with Gasteiger partial charge in [0.2, 0.25) is 5.95 Å². The van der Waals surface area contributed by atoms with Crippen LogP contribution in [0.5, 0.6) is 0 Å². The molecule has 5 aromatic rings. The van der Waals surface area contributed by atoms with E-state index in [4.69, 9.17) is 11.6 Å². The van der Waals surface area contributed by atoms with Gasteiger partial charge in [-0.3, -0.25) is 18.9 Å². The number of fused-ring (bicyclic) bond motifs is 2. The van der Waals surface area contributed by atoms with E-state index in [0.717, 1.165) is 21.9 Å². The molecule has 0 aliphatic rings. The van der Waals surface area contributed by atoms with Crippen LogP contribution in [0, 0.1) is 0 Å². The Labute approximate surface area is 192 Å². The summed E-state index contributed by atoms with van der Waals surface area (Å²) in [5.41, 5.74) is 4.14. The maximum atomic E-state index is 12.8. The molecule has 164 valence electrons. The number of hydrogen-bond donors (Lipinski definition) is 2. The van der Waals surface area contributed by atoms with Crippen LogP contribution in [-0.4, -0.2) is 25.3 Å². The summed E-state index contributed by atoms with van der Waals surface area (Å²) in [7, 11) is 1.56. The molecule has 2 N–H and O–H groups in total. The second-order valence-electron chi connectivity index (χ2n) is 7.54. The number of imidazole rings is 1. The summed E-state index contributed by atoms with van der Waals surface area (Å²) in [4.78, 5) is 31.8. The third-order valence-corrected chi connectivity index (χ3v) is 5.83. The second kappa shape index (κ2) is 8.40. The van der Waals surface area contributed by atoms with Gasteiger partial charge in [-0.05, 0) is 22.4 Å². The van der Waals surface area contributed by atoms with Gasteiger partial charge in [0.1, 0.15) is 0 Å². The molecule has 0 bridgehead atoms. The van der Waals surface area contributed by atoms with Crippen LogP contribution in [0.25, 0.3) is 21.9 Å². The minimum Gasteiger partial charge on any atom is -0.298 e. The molecule has 9 heteroatoms. The lowest BCUT2D eigenvalue weighted by atomic mass is 10.0. The number of hydrazone groups is 1. The first-order valence-electron chi connectivity index (χ1n) is 10.2. The lowest BCUT2D eigenvalue weighted by Gasteiger charge is -2.11. The SMILES string of the molecule is Cn1c(=O)[nH]c(=O)c2c1nc(NN=Cc1ccccc1Cl)n2Cc1cccc2ccccc12. The fourth-order valence-electron chi connectivity index (χ4n) is 3.81. The number of hydrogen-bond acceptors (Lipinski definition) is 5. The third kappa shape index (κ3) is 3.81. The molecular formula is C24H19ClN6O2. The maximum Gasteiger partial charge on any atom is 0.329 e. The zero-order valence-corrected chi connectivity index (χ0v) is 18.4. The highest BCUT2D eigenvalue weighted by molar-refractivity contribution is 6.33. The topological polar surface area (TPSA) is 97.1 Å². The Morgan fingerprint density at radius 3 is 2.67 bits per heavy atom. The van der Waals surface area contributed by atoms with E-state index < -0.39 is 11.2 Å². The van der Waals surface area contributed by atoms with Gasteiger partial charge in [0.05, 0.1) is 12.8 Å². The fourth-order valence-corrected chi connectivity index (χ4v) is 4.00. The van der Waals surface area contributed by atoms with Crippen molar-refractivity contribution < 1.29 is 0 Å². The molecule has 0 atom stereocenters. The number of aryl methyl sites for hydroxylation is 1. The average Bonchev–Trinajstić information content (AvgIpc) is 3.18. The Balaban J connectivity index is 1.64. The van der Waals surface area contributed by atoms with Crippen molar-refractivity contribution in [1.82, 2.24) is 19.1 Å².